The van der Waals surface area contributed by atoms with Crippen LogP contribution >= 0.6 is 0 Å². The first kappa shape index (κ1) is 7.51. The molecule has 1 amide bonds. The van der Waals surface area contributed by atoms with Gasteiger partial charge in [0.2, 0.25) is 0 Å². The Bertz CT molecular complexity index is 152. The first-order valence-corrected chi connectivity index (χ1v) is 3.47. The molecule has 10 heavy (non-hydrogen) atoms. The molecule has 1 aliphatic rings. The molecule has 0 atom stereocenters. The minimum atomic E-state index is -1.51. The zero-order valence-corrected chi connectivity index (χ0v) is 6.35. The summed E-state index contributed by atoms with van der Waals surface area (Å²) in [7, 11) is 3.17. The Balaban J connectivity index is 2.55. The molecular weight excluding hydrogens is 133 g/mol. The molecule has 2 nitrogen and oxygen atoms in total. The summed E-state index contributed by atoms with van der Waals surface area (Å²) in [6.07, 6.45) is 1.66. The Morgan fingerprint density at radius 1 is 1.50 bits per heavy atom. The molecule has 0 spiro atoms. The van der Waals surface area contributed by atoms with Crippen molar-refractivity contribution in [3.8, 4) is 0 Å². The number of carbonyl (C=O) groups excluding carboxylic acids is 1. The summed E-state index contributed by atoms with van der Waals surface area (Å²) < 4.78 is 13.2. The molecule has 1 fully saturated rings. The molecule has 58 valence electrons. The molecule has 1 rings (SSSR count). The van der Waals surface area contributed by atoms with Crippen molar-refractivity contribution in [1.82, 2.24) is 4.90 Å². The molecule has 0 aromatic heterocycles. The second-order valence-corrected chi connectivity index (χ2v) is 3.02. The molecule has 0 aromatic rings. The van der Waals surface area contributed by atoms with E-state index in [9.17, 15) is 9.18 Å². The molecule has 0 saturated heterocycles. The molecular formula is C7H12FNO. The zero-order valence-electron chi connectivity index (χ0n) is 6.35. The lowest BCUT2D eigenvalue weighted by Crippen LogP contribution is -2.47. The first-order chi connectivity index (χ1) is 4.56. The minimum Gasteiger partial charge on any atom is -0.346 e. The predicted octanol–water partition coefficient (Wildman–Crippen LogP) is 0.967. The number of hydrogen-bond donors (Lipinski definition) is 0. The van der Waals surface area contributed by atoms with Crippen molar-refractivity contribution in [2.45, 2.75) is 24.9 Å². The van der Waals surface area contributed by atoms with E-state index in [1.807, 2.05) is 0 Å². The van der Waals surface area contributed by atoms with Gasteiger partial charge in [-0.3, -0.25) is 4.79 Å². The molecule has 0 unspecified atom stereocenters. The molecule has 0 N–H and O–H groups in total. The topological polar surface area (TPSA) is 20.3 Å². The van der Waals surface area contributed by atoms with Crippen molar-refractivity contribution in [2.75, 3.05) is 14.1 Å². The molecule has 0 aromatic carbocycles. The maximum absolute atomic E-state index is 13.2. The van der Waals surface area contributed by atoms with Crippen molar-refractivity contribution in [1.29, 1.82) is 0 Å². The van der Waals surface area contributed by atoms with E-state index in [2.05, 4.69) is 0 Å². The fourth-order valence-corrected chi connectivity index (χ4v) is 1.10. The number of amides is 1. The normalized spacial score (nSPS) is 21.5. The lowest BCUT2D eigenvalue weighted by Gasteiger charge is -2.34. The summed E-state index contributed by atoms with van der Waals surface area (Å²) in [6.45, 7) is 0. The lowest BCUT2D eigenvalue weighted by molar-refractivity contribution is -0.147. The molecule has 3 heteroatoms. The van der Waals surface area contributed by atoms with Gasteiger partial charge in [-0.1, -0.05) is 0 Å². The number of alkyl halides is 1. The van der Waals surface area contributed by atoms with Crippen molar-refractivity contribution in [2.24, 2.45) is 0 Å². The summed E-state index contributed by atoms with van der Waals surface area (Å²) in [4.78, 5) is 12.3. The Morgan fingerprint density at radius 2 is 2.00 bits per heavy atom. The summed E-state index contributed by atoms with van der Waals surface area (Å²) in [5.41, 5.74) is -1.51. The van der Waals surface area contributed by atoms with Gasteiger partial charge in [-0.2, -0.15) is 0 Å². The first-order valence-electron chi connectivity index (χ1n) is 3.47. The predicted molar refractivity (Wildman–Crippen MR) is 36.4 cm³/mol. The van der Waals surface area contributed by atoms with Crippen LogP contribution in [-0.2, 0) is 4.79 Å². The van der Waals surface area contributed by atoms with Gasteiger partial charge in [0.1, 0.15) is 0 Å². The highest BCUT2D eigenvalue weighted by Gasteiger charge is 2.45. The van der Waals surface area contributed by atoms with Gasteiger partial charge in [0, 0.05) is 14.1 Å². The van der Waals surface area contributed by atoms with Crippen LogP contribution in [0.3, 0.4) is 0 Å². The molecule has 0 aliphatic heterocycles. The smallest absolute Gasteiger partial charge is 0.259 e. The Labute approximate surface area is 60.0 Å². The number of nitrogens with zero attached hydrogens (tertiary/aromatic N) is 1. The molecule has 0 bridgehead atoms. The van der Waals surface area contributed by atoms with E-state index in [1.54, 1.807) is 14.1 Å². The van der Waals surface area contributed by atoms with E-state index in [4.69, 9.17) is 0 Å². The minimum absolute atomic E-state index is 0.376. The van der Waals surface area contributed by atoms with Crippen LogP contribution in [0.4, 0.5) is 4.39 Å². The van der Waals surface area contributed by atoms with Crippen LogP contribution in [0, 0.1) is 0 Å². The summed E-state index contributed by atoms with van der Waals surface area (Å²) >= 11 is 0. The van der Waals surface area contributed by atoms with Crippen LogP contribution in [-0.4, -0.2) is 30.6 Å². The highest BCUT2D eigenvalue weighted by Crippen LogP contribution is 2.36. The van der Waals surface area contributed by atoms with Crippen LogP contribution in [0.25, 0.3) is 0 Å². The third kappa shape index (κ3) is 1.00. The van der Waals surface area contributed by atoms with Gasteiger partial charge in [-0.25, -0.2) is 4.39 Å². The van der Waals surface area contributed by atoms with E-state index in [1.165, 1.54) is 4.90 Å². The third-order valence-electron chi connectivity index (χ3n) is 1.94. The average Bonchev–Trinajstić information content (AvgIpc) is 1.81. The number of carbonyl (C=O) groups is 1. The van der Waals surface area contributed by atoms with Gasteiger partial charge < -0.3 is 4.90 Å². The van der Waals surface area contributed by atoms with Gasteiger partial charge in [-0.15, -0.1) is 0 Å². The van der Waals surface area contributed by atoms with Crippen LogP contribution < -0.4 is 0 Å². The monoisotopic (exact) mass is 145 g/mol. The van der Waals surface area contributed by atoms with Crippen LogP contribution in [0.5, 0.6) is 0 Å². The van der Waals surface area contributed by atoms with E-state index in [0.717, 1.165) is 6.42 Å². The van der Waals surface area contributed by atoms with Gasteiger partial charge in [0.15, 0.2) is 5.67 Å². The number of rotatable bonds is 1. The maximum atomic E-state index is 13.2. The number of halogens is 1. The average molecular weight is 145 g/mol. The Kier molecular flexibility index (Phi) is 1.67. The van der Waals surface area contributed by atoms with E-state index >= 15 is 0 Å². The van der Waals surface area contributed by atoms with Crippen molar-refractivity contribution in [3.05, 3.63) is 0 Å². The highest BCUT2D eigenvalue weighted by molar-refractivity contribution is 5.85. The quantitative estimate of drug-likeness (QED) is 0.538. The molecule has 1 aliphatic carbocycles. The summed E-state index contributed by atoms with van der Waals surface area (Å²) in [5.74, 6) is -0.376. The van der Waals surface area contributed by atoms with Crippen LogP contribution in [0.15, 0.2) is 0 Å². The van der Waals surface area contributed by atoms with Crippen molar-refractivity contribution in [3.63, 3.8) is 0 Å². The largest absolute Gasteiger partial charge is 0.346 e. The highest BCUT2D eigenvalue weighted by atomic mass is 19.1. The van der Waals surface area contributed by atoms with Gasteiger partial charge in [-0.05, 0) is 19.3 Å². The fourth-order valence-electron chi connectivity index (χ4n) is 1.10. The van der Waals surface area contributed by atoms with E-state index < -0.39 is 5.67 Å². The van der Waals surface area contributed by atoms with Crippen molar-refractivity contribution >= 4 is 5.91 Å². The van der Waals surface area contributed by atoms with Gasteiger partial charge in [0.05, 0.1) is 0 Å². The van der Waals surface area contributed by atoms with Gasteiger partial charge in [0.25, 0.3) is 5.91 Å². The summed E-state index contributed by atoms with van der Waals surface area (Å²) in [5, 5.41) is 0. The zero-order chi connectivity index (χ0) is 7.78. The standard InChI is InChI=1S/C7H12FNO/c1-9(2)6(10)7(8)4-3-5-7/h3-5H2,1-2H3. The Morgan fingerprint density at radius 3 is 2.10 bits per heavy atom. The van der Waals surface area contributed by atoms with E-state index in [0.29, 0.717) is 12.8 Å². The fraction of sp³-hybridized carbons (Fsp3) is 0.857. The second-order valence-electron chi connectivity index (χ2n) is 3.02. The summed E-state index contributed by atoms with van der Waals surface area (Å²) in [6, 6.07) is 0. The maximum Gasteiger partial charge on any atom is 0.259 e. The van der Waals surface area contributed by atoms with Crippen LogP contribution in [0.1, 0.15) is 19.3 Å². The third-order valence-corrected chi connectivity index (χ3v) is 1.94. The molecule has 1 saturated carbocycles. The lowest BCUT2D eigenvalue weighted by atomic mass is 9.81. The Hall–Kier alpha value is -0.600. The number of hydrogen-bond acceptors (Lipinski definition) is 1. The van der Waals surface area contributed by atoms with E-state index in [-0.39, 0.29) is 5.91 Å². The van der Waals surface area contributed by atoms with Crippen LogP contribution in [0.2, 0.25) is 0 Å². The molecule has 0 heterocycles. The SMILES string of the molecule is CN(C)C(=O)C1(F)CCC1. The second kappa shape index (κ2) is 2.22. The van der Waals surface area contributed by atoms with Crippen molar-refractivity contribution < 1.29 is 9.18 Å². The van der Waals surface area contributed by atoms with Gasteiger partial charge >= 0.3 is 0 Å². The molecule has 0 radical (unpaired) electrons.